The summed E-state index contributed by atoms with van der Waals surface area (Å²) in [6, 6.07) is 0.640. The Morgan fingerprint density at radius 3 is 2.50 bits per heavy atom. The zero-order valence-corrected chi connectivity index (χ0v) is 14.8. The van der Waals surface area contributed by atoms with Crippen molar-refractivity contribution in [3.63, 3.8) is 0 Å². The lowest BCUT2D eigenvalue weighted by Gasteiger charge is -2.54. The van der Waals surface area contributed by atoms with Crippen molar-refractivity contribution in [2.45, 2.75) is 71.4 Å². The maximum absolute atomic E-state index is 3.89. The van der Waals surface area contributed by atoms with Gasteiger partial charge in [0.05, 0.1) is 0 Å². The summed E-state index contributed by atoms with van der Waals surface area (Å²) in [5.41, 5.74) is 0.848. The van der Waals surface area contributed by atoms with E-state index in [0.29, 0.717) is 17.0 Å². The number of nitrogens with one attached hydrogen (secondary N) is 1. The highest BCUT2D eigenvalue weighted by Crippen LogP contribution is 2.37. The van der Waals surface area contributed by atoms with Gasteiger partial charge in [0.2, 0.25) is 0 Å². The van der Waals surface area contributed by atoms with Crippen LogP contribution in [-0.4, -0.2) is 47.6 Å². The van der Waals surface area contributed by atoms with E-state index in [0.717, 1.165) is 0 Å². The molecule has 0 aromatic carbocycles. The number of thioether (sulfide) groups is 1. The van der Waals surface area contributed by atoms with Gasteiger partial charge in [0.1, 0.15) is 0 Å². The van der Waals surface area contributed by atoms with Crippen molar-refractivity contribution in [3.05, 3.63) is 0 Å². The van der Waals surface area contributed by atoms with Crippen LogP contribution in [0.15, 0.2) is 0 Å². The van der Waals surface area contributed by atoms with Crippen molar-refractivity contribution in [3.8, 4) is 0 Å². The molecule has 0 aromatic heterocycles. The lowest BCUT2D eigenvalue weighted by atomic mass is 9.75. The topological polar surface area (TPSA) is 15.3 Å². The SMILES string of the molecule is CCSCCN1CC(C(C)(C)C)NCC12CCCCC2. The van der Waals surface area contributed by atoms with Crippen molar-refractivity contribution >= 4 is 11.8 Å². The van der Waals surface area contributed by atoms with Crippen LogP contribution < -0.4 is 5.32 Å². The monoisotopic (exact) mass is 298 g/mol. The average Bonchev–Trinajstić information content (AvgIpc) is 2.41. The Morgan fingerprint density at radius 1 is 1.20 bits per heavy atom. The minimum atomic E-state index is 0.367. The van der Waals surface area contributed by atoms with E-state index >= 15 is 0 Å². The molecule has 1 saturated heterocycles. The molecule has 0 bridgehead atoms. The van der Waals surface area contributed by atoms with Crippen LogP contribution in [0.3, 0.4) is 0 Å². The zero-order chi connectivity index (χ0) is 14.6. The predicted octanol–water partition coefficient (Wildman–Crippen LogP) is 3.76. The molecule has 3 heteroatoms. The van der Waals surface area contributed by atoms with E-state index in [-0.39, 0.29) is 0 Å². The highest BCUT2D eigenvalue weighted by atomic mass is 32.2. The Kier molecular flexibility index (Phi) is 5.84. The number of hydrogen-bond acceptors (Lipinski definition) is 3. The van der Waals surface area contributed by atoms with Gasteiger partial charge in [0.15, 0.2) is 0 Å². The van der Waals surface area contributed by atoms with Gasteiger partial charge in [0, 0.05) is 37.0 Å². The highest BCUT2D eigenvalue weighted by Gasteiger charge is 2.44. The molecule has 2 aliphatic rings. The van der Waals surface area contributed by atoms with E-state index in [1.165, 1.54) is 63.2 Å². The Labute approximate surface area is 130 Å². The molecular formula is C17H34N2S. The molecule has 1 atom stereocenters. The number of nitrogens with zero attached hydrogens (tertiary/aromatic N) is 1. The smallest absolute Gasteiger partial charge is 0.0335 e. The minimum absolute atomic E-state index is 0.367. The summed E-state index contributed by atoms with van der Waals surface area (Å²) >= 11 is 2.10. The summed E-state index contributed by atoms with van der Waals surface area (Å²) in [7, 11) is 0. The lowest BCUT2D eigenvalue weighted by molar-refractivity contribution is -0.00549. The second-order valence-corrected chi connectivity index (χ2v) is 9.12. The van der Waals surface area contributed by atoms with Crippen LogP contribution >= 0.6 is 11.8 Å². The largest absolute Gasteiger partial charge is 0.310 e. The van der Waals surface area contributed by atoms with Gasteiger partial charge in [0.25, 0.3) is 0 Å². The van der Waals surface area contributed by atoms with E-state index < -0.39 is 0 Å². The van der Waals surface area contributed by atoms with Crippen molar-refractivity contribution in [1.82, 2.24) is 10.2 Å². The first-order valence-electron chi connectivity index (χ1n) is 8.54. The van der Waals surface area contributed by atoms with Crippen molar-refractivity contribution < 1.29 is 0 Å². The zero-order valence-electron chi connectivity index (χ0n) is 14.0. The molecule has 20 heavy (non-hydrogen) atoms. The Balaban J connectivity index is 2.03. The van der Waals surface area contributed by atoms with Gasteiger partial charge in [-0.15, -0.1) is 0 Å². The van der Waals surface area contributed by atoms with E-state index in [1.807, 2.05) is 0 Å². The minimum Gasteiger partial charge on any atom is -0.310 e. The molecule has 1 unspecified atom stereocenters. The Hall–Kier alpha value is 0.270. The third-order valence-corrected chi connectivity index (χ3v) is 6.17. The van der Waals surface area contributed by atoms with Gasteiger partial charge >= 0.3 is 0 Å². The van der Waals surface area contributed by atoms with Crippen LogP contribution in [-0.2, 0) is 0 Å². The molecule has 1 N–H and O–H groups in total. The van der Waals surface area contributed by atoms with Crippen LogP contribution in [0.4, 0.5) is 0 Å². The molecule has 0 amide bonds. The number of rotatable bonds is 4. The van der Waals surface area contributed by atoms with Gasteiger partial charge in [-0.3, -0.25) is 4.90 Å². The van der Waals surface area contributed by atoms with E-state index in [9.17, 15) is 0 Å². The second-order valence-electron chi connectivity index (χ2n) is 7.73. The Bertz CT molecular complexity index is 292. The third kappa shape index (κ3) is 3.92. The normalized spacial score (nSPS) is 27.9. The Morgan fingerprint density at radius 2 is 1.90 bits per heavy atom. The van der Waals surface area contributed by atoms with Gasteiger partial charge < -0.3 is 5.32 Å². The molecular weight excluding hydrogens is 264 g/mol. The summed E-state index contributed by atoms with van der Waals surface area (Å²) in [6.07, 6.45) is 7.13. The molecule has 2 rings (SSSR count). The fourth-order valence-electron chi connectivity index (χ4n) is 3.83. The van der Waals surface area contributed by atoms with Crippen LogP contribution in [0.25, 0.3) is 0 Å². The summed E-state index contributed by atoms with van der Waals surface area (Å²) in [6.45, 7) is 13.1. The van der Waals surface area contributed by atoms with Crippen LogP contribution in [0.1, 0.15) is 59.8 Å². The van der Waals surface area contributed by atoms with Gasteiger partial charge in [-0.1, -0.05) is 47.0 Å². The maximum atomic E-state index is 3.89. The van der Waals surface area contributed by atoms with E-state index in [2.05, 4.69) is 49.7 Å². The number of hydrogen-bond donors (Lipinski definition) is 1. The molecule has 1 aliphatic carbocycles. The summed E-state index contributed by atoms with van der Waals surface area (Å²) < 4.78 is 0. The molecule has 2 nitrogen and oxygen atoms in total. The van der Waals surface area contributed by atoms with E-state index in [4.69, 9.17) is 0 Å². The molecule has 0 aromatic rings. The van der Waals surface area contributed by atoms with Gasteiger partial charge in [-0.2, -0.15) is 11.8 Å². The summed E-state index contributed by atoms with van der Waals surface area (Å²) in [4.78, 5) is 2.86. The van der Waals surface area contributed by atoms with Gasteiger partial charge in [-0.25, -0.2) is 0 Å². The predicted molar refractivity (Wildman–Crippen MR) is 91.6 cm³/mol. The van der Waals surface area contributed by atoms with Crippen LogP contribution in [0.2, 0.25) is 0 Å². The molecule has 1 heterocycles. The maximum Gasteiger partial charge on any atom is 0.0335 e. The van der Waals surface area contributed by atoms with E-state index in [1.54, 1.807) is 0 Å². The number of piperazine rings is 1. The first kappa shape index (κ1) is 16.6. The third-order valence-electron chi connectivity index (χ3n) is 5.29. The molecule has 0 radical (unpaired) electrons. The summed E-state index contributed by atoms with van der Waals surface area (Å²) in [5.74, 6) is 2.55. The molecule has 118 valence electrons. The lowest BCUT2D eigenvalue weighted by Crippen LogP contribution is -2.67. The second kappa shape index (κ2) is 7.02. The van der Waals surface area contributed by atoms with Crippen molar-refractivity contribution in [1.29, 1.82) is 0 Å². The van der Waals surface area contributed by atoms with Gasteiger partial charge in [-0.05, 0) is 24.0 Å². The molecule has 1 saturated carbocycles. The van der Waals surface area contributed by atoms with Crippen molar-refractivity contribution in [2.75, 3.05) is 31.1 Å². The van der Waals surface area contributed by atoms with Crippen molar-refractivity contribution in [2.24, 2.45) is 5.41 Å². The quantitative estimate of drug-likeness (QED) is 0.796. The van der Waals surface area contributed by atoms with Crippen LogP contribution in [0.5, 0.6) is 0 Å². The first-order chi connectivity index (χ1) is 9.48. The average molecular weight is 299 g/mol. The highest BCUT2D eigenvalue weighted by molar-refractivity contribution is 7.99. The molecule has 2 fully saturated rings. The standard InChI is InChI=1S/C17H34N2S/c1-5-20-12-11-19-13-15(16(2,3)4)18-14-17(19)9-7-6-8-10-17/h15,18H,5-14H2,1-4H3. The first-order valence-corrected chi connectivity index (χ1v) is 9.70. The molecule has 1 aliphatic heterocycles. The molecule has 1 spiro atoms. The fourth-order valence-corrected chi connectivity index (χ4v) is 4.47. The summed E-state index contributed by atoms with van der Waals surface area (Å²) in [5, 5.41) is 3.89. The fraction of sp³-hybridized carbons (Fsp3) is 1.00. The van der Waals surface area contributed by atoms with Crippen LogP contribution in [0, 0.1) is 5.41 Å².